The number of aromatic nitrogens is 1. The van der Waals surface area contributed by atoms with E-state index in [1.807, 2.05) is 19.2 Å². The van der Waals surface area contributed by atoms with Crippen LogP contribution in [0.2, 0.25) is 0 Å². The highest BCUT2D eigenvalue weighted by molar-refractivity contribution is 5.43. The van der Waals surface area contributed by atoms with E-state index in [9.17, 15) is 0 Å². The van der Waals surface area contributed by atoms with Crippen LogP contribution < -0.4 is 10.1 Å². The van der Waals surface area contributed by atoms with Gasteiger partial charge in [-0.1, -0.05) is 20.8 Å². The second-order valence-corrected chi connectivity index (χ2v) is 6.12. The minimum Gasteiger partial charge on any atom is -0.478 e. The predicted octanol–water partition coefficient (Wildman–Crippen LogP) is 3.72. The Morgan fingerprint density at radius 3 is 2.67 bits per heavy atom. The van der Waals surface area contributed by atoms with E-state index in [0.717, 1.165) is 5.69 Å². The van der Waals surface area contributed by atoms with Crippen molar-refractivity contribution in [2.24, 2.45) is 11.3 Å². The van der Waals surface area contributed by atoms with Crippen LogP contribution in [0.1, 0.15) is 40.5 Å². The molecule has 1 aliphatic rings. The van der Waals surface area contributed by atoms with Gasteiger partial charge in [0.15, 0.2) is 0 Å². The number of nitrogens with one attached hydrogen (secondary N) is 1. The smallest absolute Gasteiger partial charge is 0.213 e. The molecule has 0 bridgehead atoms. The van der Waals surface area contributed by atoms with Gasteiger partial charge in [-0.05, 0) is 37.2 Å². The van der Waals surface area contributed by atoms with Gasteiger partial charge < -0.3 is 10.1 Å². The van der Waals surface area contributed by atoms with Crippen molar-refractivity contribution in [1.29, 1.82) is 0 Å². The van der Waals surface area contributed by atoms with Crippen molar-refractivity contribution in [3.63, 3.8) is 0 Å². The van der Waals surface area contributed by atoms with Gasteiger partial charge in [0.2, 0.25) is 5.88 Å². The first-order valence-corrected chi connectivity index (χ1v) is 6.85. The SMILES string of the molecule is CCOc1ccc(NC2CC(C)(C)CC2C)cn1. The fraction of sp³-hybridized carbons (Fsp3) is 0.667. The van der Waals surface area contributed by atoms with Crippen LogP contribution in [0.4, 0.5) is 5.69 Å². The summed E-state index contributed by atoms with van der Waals surface area (Å²) in [6.45, 7) is 9.65. The van der Waals surface area contributed by atoms with E-state index >= 15 is 0 Å². The Kier molecular flexibility index (Phi) is 3.79. The molecular weight excluding hydrogens is 224 g/mol. The Hall–Kier alpha value is -1.25. The number of anilines is 1. The molecule has 3 heteroatoms. The third-order valence-corrected chi connectivity index (χ3v) is 3.71. The van der Waals surface area contributed by atoms with Gasteiger partial charge in [-0.3, -0.25) is 0 Å². The maximum Gasteiger partial charge on any atom is 0.213 e. The standard InChI is InChI=1S/C15H24N2O/c1-5-18-14-7-6-12(10-16-14)17-13-9-15(3,4)8-11(13)2/h6-7,10-11,13,17H,5,8-9H2,1-4H3. The lowest BCUT2D eigenvalue weighted by Crippen LogP contribution is -2.22. The second-order valence-electron chi connectivity index (χ2n) is 6.12. The number of nitrogens with zero attached hydrogens (tertiary/aromatic N) is 1. The highest BCUT2D eigenvalue weighted by atomic mass is 16.5. The summed E-state index contributed by atoms with van der Waals surface area (Å²) < 4.78 is 5.35. The Morgan fingerprint density at radius 2 is 2.17 bits per heavy atom. The number of ether oxygens (including phenoxy) is 1. The van der Waals surface area contributed by atoms with Crippen molar-refractivity contribution in [2.45, 2.75) is 46.6 Å². The summed E-state index contributed by atoms with van der Waals surface area (Å²) in [6.07, 6.45) is 4.37. The van der Waals surface area contributed by atoms with Crippen LogP contribution in [0.15, 0.2) is 18.3 Å². The molecule has 2 rings (SSSR count). The zero-order valence-electron chi connectivity index (χ0n) is 11.9. The summed E-state index contributed by atoms with van der Waals surface area (Å²) in [7, 11) is 0. The van der Waals surface area contributed by atoms with Crippen molar-refractivity contribution < 1.29 is 4.74 Å². The van der Waals surface area contributed by atoms with Crippen LogP contribution >= 0.6 is 0 Å². The summed E-state index contributed by atoms with van der Waals surface area (Å²) in [5.41, 5.74) is 1.54. The van der Waals surface area contributed by atoms with Gasteiger partial charge in [0, 0.05) is 12.1 Å². The minimum absolute atomic E-state index is 0.454. The Morgan fingerprint density at radius 1 is 1.39 bits per heavy atom. The lowest BCUT2D eigenvalue weighted by Gasteiger charge is -2.19. The van der Waals surface area contributed by atoms with E-state index in [-0.39, 0.29) is 0 Å². The van der Waals surface area contributed by atoms with Crippen LogP contribution in [0.5, 0.6) is 5.88 Å². The molecule has 1 aromatic rings. The average Bonchev–Trinajstić information content (AvgIpc) is 2.55. The van der Waals surface area contributed by atoms with Gasteiger partial charge in [-0.2, -0.15) is 0 Å². The molecule has 1 aromatic heterocycles. The zero-order valence-corrected chi connectivity index (χ0v) is 11.9. The summed E-state index contributed by atoms with van der Waals surface area (Å²) in [5.74, 6) is 1.41. The molecule has 0 aromatic carbocycles. The predicted molar refractivity (Wildman–Crippen MR) is 75.0 cm³/mol. The normalized spacial score (nSPS) is 26.0. The largest absolute Gasteiger partial charge is 0.478 e. The van der Waals surface area contributed by atoms with Gasteiger partial charge in [0.25, 0.3) is 0 Å². The van der Waals surface area contributed by atoms with Crippen LogP contribution in [0, 0.1) is 11.3 Å². The maximum atomic E-state index is 5.35. The molecule has 1 saturated carbocycles. The third kappa shape index (κ3) is 3.15. The van der Waals surface area contributed by atoms with Crippen molar-refractivity contribution in [1.82, 2.24) is 4.98 Å². The summed E-state index contributed by atoms with van der Waals surface area (Å²) in [6, 6.07) is 4.53. The second kappa shape index (κ2) is 5.17. The van der Waals surface area contributed by atoms with Crippen LogP contribution in [0.25, 0.3) is 0 Å². The fourth-order valence-electron chi connectivity index (χ4n) is 3.00. The van der Waals surface area contributed by atoms with Gasteiger partial charge in [0.05, 0.1) is 18.5 Å². The van der Waals surface area contributed by atoms with E-state index in [1.165, 1.54) is 12.8 Å². The van der Waals surface area contributed by atoms with Crippen molar-refractivity contribution >= 4 is 5.69 Å². The number of rotatable bonds is 4. The van der Waals surface area contributed by atoms with Gasteiger partial charge in [-0.25, -0.2) is 4.98 Å². The highest BCUT2D eigenvalue weighted by Crippen LogP contribution is 2.42. The van der Waals surface area contributed by atoms with E-state index in [0.29, 0.717) is 29.9 Å². The molecule has 0 amide bonds. The highest BCUT2D eigenvalue weighted by Gasteiger charge is 2.36. The monoisotopic (exact) mass is 248 g/mol. The Balaban J connectivity index is 1.97. The Bertz CT molecular complexity index is 386. The van der Waals surface area contributed by atoms with E-state index < -0.39 is 0 Å². The van der Waals surface area contributed by atoms with E-state index in [4.69, 9.17) is 4.74 Å². The summed E-state index contributed by atoms with van der Waals surface area (Å²) in [5, 5.41) is 3.60. The lowest BCUT2D eigenvalue weighted by atomic mass is 9.91. The number of pyridine rings is 1. The first-order chi connectivity index (χ1) is 8.50. The van der Waals surface area contributed by atoms with Crippen LogP contribution in [-0.4, -0.2) is 17.6 Å². The first kappa shape index (κ1) is 13.2. The molecule has 1 fully saturated rings. The van der Waals surface area contributed by atoms with E-state index in [2.05, 4.69) is 37.1 Å². The Labute approximate surface area is 110 Å². The van der Waals surface area contributed by atoms with E-state index in [1.54, 1.807) is 0 Å². The molecule has 18 heavy (non-hydrogen) atoms. The summed E-state index contributed by atoms with van der Waals surface area (Å²) >= 11 is 0. The molecule has 0 spiro atoms. The van der Waals surface area contributed by atoms with Gasteiger partial charge in [-0.15, -0.1) is 0 Å². The molecule has 1 heterocycles. The fourth-order valence-corrected chi connectivity index (χ4v) is 3.00. The molecule has 2 atom stereocenters. The zero-order chi connectivity index (χ0) is 13.2. The van der Waals surface area contributed by atoms with Crippen LogP contribution in [0.3, 0.4) is 0 Å². The van der Waals surface area contributed by atoms with Gasteiger partial charge in [0.1, 0.15) is 0 Å². The molecule has 0 saturated heterocycles. The molecule has 0 aliphatic heterocycles. The topological polar surface area (TPSA) is 34.1 Å². The third-order valence-electron chi connectivity index (χ3n) is 3.71. The molecule has 1 aliphatic carbocycles. The molecule has 100 valence electrons. The van der Waals surface area contributed by atoms with Crippen molar-refractivity contribution in [3.8, 4) is 5.88 Å². The lowest BCUT2D eigenvalue weighted by molar-refractivity contribution is 0.327. The number of hydrogen-bond donors (Lipinski definition) is 1. The molecule has 1 N–H and O–H groups in total. The first-order valence-electron chi connectivity index (χ1n) is 6.85. The molecular formula is C15H24N2O. The summed E-state index contributed by atoms with van der Waals surface area (Å²) in [4.78, 5) is 4.29. The average molecular weight is 248 g/mol. The van der Waals surface area contributed by atoms with Crippen LogP contribution in [-0.2, 0) is 0 Å². The minimum atomic E-state index is 0.454. The van der Waals surface area contributed by atoms with Gasteiger partial charge >= 0.3 is 0 Å². The molecule has 0 radical (unpaired) electrons. The molecule has 3 nitrogen and oxygen atoms in total. The van der Waals surface area contributed by atoms with Crippen molar-refractivity contribution in [2.75, 3.05) is 11.9 Å². The maximum absolute atomic E-state index is 5.35. The van der Waals surface area contributed by atoms with Crippen molar-refractivity contribution in [3.05, 3.63) is 18.3 Å². The molecule has 2 unspecified atom stereocenters. The number of hydrogen-bond acceptors (Lipinski definition) is 3. The quantitative estimate of drug-likeness (QED) is 0.882.